The number of aryl methyl sites for hydroxylation is 1. The number of primary sulfonamides is 1. The minimum absolute atomic E-state index is 0.114. The van der Waals surface area contributed by atoms with Gasteiger partial charge in [0, 0.05) is 24.7 Å². The molecule has 0 fully saturated rings. The van der Waals surface area contributed by atoms with Crippen LogP contribution < -0.4 is 10.5 Å². The molecule has 0 aliphatic rings. The van der Waals surface area contributed by atoms with Crippen molar-refractivity contribution in [2.24, 2.45) is 5.14 Å². The smallest absolute Gasteiger partial charge is 0.255 e. The van der Waals surface area contributed by atoms with E-state index in [0.29, 0.717) is 24.7 Å². The summed E-state index contributed by atoms with van der Waals surface area (Å²) in [6.07, 6.45) is 3.57. The van der Waals surface area contributed by atoms with E-state index in [1.807, 2.05) is 6.92 Å². The monoisotopic (exact) mass is 274 g/mol. The van der Waals surface area contributed by atoms with Gasteiger partial charge >= 0.3 is 0 Å². The molecule has 18 heavy (non-hydrogen) atoms. The van der Waals surface area contributed by atoms with E-state index in [2.05, 4.69) is 24.3 Å². The van der Waals surface area contributed by atoms with Crippen molar-refractivity contribution in [3.8, 4) is 0 Å². The van der Waals surface area contributed by atoms with E-state index in [1.165, 1.54) is 4.68 Å². The Bertz CT molecular complexity index is 477. The molecule has 1 rings (SSSR count). The van der Waals surface area contributed by atoms with Crippen molar-refractivity contribution < 1.29 is 8.42 Å². The Morgan fingerprint density at radius 1 is 1.39 bits per heavy atom. The molecule has 1 heterocycles. The zero-order chi connectivity index (χ0) is 13.8. The van der Waals surface area contributed by atoms with E-state index in [4.69, 9.17) is 5.14 Å². The van der Waals surface area contributed by atoms with Gasteiger partial charge in [0.2, 0.25) is 0 Å². The summed E-state index contributed by atoms with van der Waals surface area (Å²) in [6.45, 7) is 6.98. The maximum absolute atomic E-state index is 11.6. The molecule has 1 aromatic rings. The van der Waals surface area contributed by atoms with E-state index >= 15 is 0 Å². The lowest BCUT2D eigenvalue weighted by molar-refractivity contribution is 0.478. The third kappa shape index (κ3) is 3.54. The molecule has 1 aromatic heterocycles. The first-order valence-corrected chi connectivity index (χ1v) is 7.79. The highest BCUT2D eigenvalue weighted by Gasteiger charge is 2.20. The van der Waals surface area contributed by atoms with Crippen molar-refractivity contribution in [2.75, 3.05) is 0 Å². The maximum atomic E-state index is 11.6. The maximum Gasteiger partial charge on any atom is 0.255 e. The van der Waals surface area contributed by atoms with Gasteiger partial charge in [-0.25, -0.2) is 13.6 Å². The minimum Gasteiger partial charge on any atom is -0.310 e. The Kier molecular flexibility index (Phi) is 5.30. The highest BCUT2D eigenvalue weighted by molar-refractivity contribution is 7.89. The van der Waals surface area contributed by atoms with Gasteiger partial charge in [-0.1, -0.05) is 13.8 Å². The Labute approximate surface area is 109 Å². The van der Waals surface area contributed by atoms with Crippen molar-refractivity contribution in [1.29, 1.82) is 0 Å². The topological polar surface area (TPSA) is 90.0 Å². The van der Waals surface area contributed by atoms with Crippen LogP contribution in [0.5, 0.6) is 0 Å². The first kappa shape index (κ1) is 15.1. The Balaban J connectivity index is 2.93. The summed E-state index contributed by atoms with van der Waals surface area (Å²) in [5, 5.41) is 12.7. The summed E-state index contributed by atoms with van der Waals surface area (Å²) in [7, 11) is -3.73. The quantitative estimate of drug-likeness (QED) is 0.770. The predicted octanol–water partition coefficient (Wildman–Crippen LogP) is 0.829. The van der Waals surface area contributed by atoms with Gasteiger partial charge in [0.25, 0.3) is 10.0 Å². The molecule has 3 N–H and O–H groups in total. The van der Waals surface area contributed by atoms with Crippen LogP contribution in [0.25, 0.3) is 0 Å². The predicted molar refractivity (Wildman–Crippen MR) is 70.5 cm³/mol. The van der Waals surface area contributed by atoms with Gasteiger partial charge in [-0.3, -0.25) is 4.68 Å². The minimum atomic E-state index is -3.73. The Morgan fingerprint density at radius 3 is 2.44 bits per heavy atom. The standard InChI is InChI=1S/C11H22N4O2S/c1-4-10(5-2)13-7-9-8-14-15(6-3)11(9)18(12,16)17/h8,10,13H,4-7H2,1-3H3,(H2,12,16,17). The average Bonchev–Trinajstić information content (AvgIpc) is 2.73. The van der Waals surface area contributed by atoms with Crippen molar-refractivity contribution in [2.45, 2.75) is 57.8 Å². The van der Waals surface area contributed by atoms with Gasteiger partial charge < -0.3 is 5.32 Å². The summed E-state index contributed by atoms with van der Waals surface area (Å²) >= 11 is 0. The highest BCUT2D eigenvalue weighted by atomic mass is 32.2. The van der Waals surface area contributed by atoms with Crippen LogP contribution in [0.1, 0.15) is 39.2 Å². The van der Waals surface area contributed by atoms with E-state index in [0.717, 1.165) is 12.8 Å². The first-order chi connectivity index (χ1) is 8.43. The van der Waals surface area contributed by atoms with Gasteiger partial charge in [-0.15, -0.1) is 0 Å². The van der Waals surface area contributed by atoms with Crippen molar-refractivity contribution in [3.05, 3.63) is 11.8 Å². The summed E-state index contributed by atoms with van der Waals surface area (Å²) in [5.41, 5.74) is 0.631. The van der Waals surface area contributed by atoms with Crippen LogP contribution in [0.4, 0.5) is 0 Å². The number of aromatic nitrogens is 2. The number of sulfonamides is 1. The SMILES string of the molecule is CCC(CC)NCc1cnn(CC)c1S(N)(=O)=O. The number of nitrogens with zero attached hydrogens (tertiary/aromatic N) is 2. The molecule has 0 unspecified atom stereocenters. The lowest BCUT2D eigenvalue weighted by Crippen LogP contribution is -2.28. The summed E-state index contributed by atoms with van der Waals surface area (Å²) < 4.78 is 24.6. The van der Waals surface area contributed by atoms with E-state index < -0.39 is 10.0 Å². The van der Waals surface area contributed by atoms with Crippen molar-refractivity contribution >= 4 is 10.0 Å². The molecule has 6 nitrogen and oxygen atoms in total. The molecule has 0 spiro atoms. The first-order valence-electron chi connectivity index (χ1n) is 6.24. The number of hydrogen-bond donors (Lipinski definition) is 2. The Hall–Kier alpha value is -0.920. The molecule has 0 aliphatic carbocycles. The fourth-order valence-corrected chi connectivity index (χ4v) is 2.88. The number of nitrogens with two attached hydrogens (primary N) is 1. The largest absolute Gasteiger partial charge is 0.310 e. The summed E-state index contributed by atoms with van der Waals surface area (Å²) in [6, 6.07) is 0.378. The van der Waals surface area contributed by atoms with Crippen LogP contribution in [0.2, 0.25) is 0 Å². The lowest BCUT2D eigenvalue weighted by atomic mass is 10.1. The van der Waals surface area contributed by atoms with E-state index in [-0.39, 0.29) is 5.03 Å². The molecule has 0 saturated carbocycles. The average molecular weight is 274 g/mol. The van der Waals surface area contributed by atoms with Crippen LogP contribution >= 0.6 is 0 Å². The van der Waals surface area contributed by atoms with Gasteiger partial charge in [0.15, 0.2) is 5.03 Å². The molecule has 0 aliphatic heterocycles. The number of hydrogen-bond acceptors (Lipinski definition) is 4. The molecule has 0 saturated heterocycles. The Morgan fingerprint density at radius 2 is 2.00 bits per heavy atom. The molecule has 7 heteroatoms. The molecule has 104 valence electrons. The molecular formula is C11H22N4O2S. The van der Waals surface area contributed by atoms with Crippen LogP contribution in [-0.4, -0.2) is 24.2 Å². The number of nitrogens with one attached hydrogen (secondary N) is 1. The third-order valence-electron chi connectivity index (χ3n) is 3.00. The van der Waals surface area contributed by atoms with E-state index in [1.54, 1.807) is 6.20 Å². The second kappa shape index (κ2) is 6.31. The molecule has 0 aromatic carbocycles. The number of rotatable bonds is 7. The van der Waals surface area contributed by atoms with Gasteiger partial charge in [-0.05, 0) is 19.8 Å². The van der Waals surface area contributed by atoms with Gasteiger partial charge in [0.05, 0.1) is 6.20 Å². The van der Waals surface area contributed by atoms with Crippen LogP contribution in [0.15, 0.2) is 11.2 Å². The summed E-state index contributed by atoms with van der Waals surface area (Å²) in [5.74, 6) is 0. The van der Waals surface area contributed by atoms with Crippen molar-refractivity contribution in [3.63, 3.8) is 0 Å². The van der Waals surface area contributed by atoms with Crippen LogP contribution in [0, 0.1) is 0 Å². The fourth-order valence-electron chi connectivity index (χ4n) is 1.92. The molecule has 0 atom stereocenters. The molecule has 0 radical (unpaired) electrons. The van der Waals surface area contributed by atoms with Gasteiger partial charge in [0.1, 0.15) is 0 Å². The highest BCUT2D eigenvalue weighted by Crippen LogP contribution is 2.14. The van der Waals surface area contributed by atoms with Crippen LogP contribution in [-0.2, 0) is 23.1 Å². The normalized spacial score (nSPS) is 12.3. The van der Waals surface area contributed by atoms with Crippen LogP contribution in [0.3, 0.4) is 0 Å². The zero-order valence-corrected chi connectivity index (χ0v) is 12.0. The third-order valence-corrected chi connectivity index (χ3v) is 4.01. The summed E-state index contributed by atoms with van der Waals surface area (Å²) in [4.78, 5) is 0. The van der Waals surface area contributed by atoms with E-state index in [9.17, 15) is 8.42 Å². The second-order valence-electron chi connectivity index (χ2n) is 4.23. The molecule has 0 bridgehead atoms. The molecule has 0 amide bonds. The molecular weight excluding hydrogens is 252 g/mol. The zero-order valence-electron chi connectivity index (χ0n) is 11.2. The van der Waals surface area contributed by atoms with Crippen molar-refractivity contribution in [1.82, 2.24) is 15.1 Å². The second-order valence-corrected chi connectivity index (χ2v) is 5.71. The fraction of sp³-hybridized carbons (Fsp3) is 0.727. The van der Waals surface area contributed by atoms with Gasteiger partial charge in [-0.2, -0.15) is 5.10 Å². The lowest BCUT2D eigenvalue weighted by Gasteiger charge is -2.14.